The number of rotatable bonds is 6. The molecule has 2 aromatic heterocycles. The van der Waals surface area contributed by atoms with E-state index in [-0.39, 0.29) is 28.3 Å². The lowest BCUT2D eigenvalue weighted by Crippen LogP contribution is -2.20. The van der Waals surface area contributed by atoms with Crippen LogP contribution in [0.1, 0.15) is 42.3 Å². The van der Waals surface area contributed by atoms with Crippen LogP contribution in [-0.2, 0) is 10.2 Å². The molecule has 0 saturated heterocycles. The number of carbonyl (C=O) groups is 2. The molecular formula is C25H21ClFN7O2S. The molecule has 0 fully saturated rings. The summed E-state index contributed by atoms with van der Waals surface area (Å²) >= 11 is 7.41. The molecule has 4 rings (SSSR count). The van der Waals surface area contributed by atoms with Crippen molar-refractivity contribution >= 4 is 67.6 Å². The van der Waals surface area contributed by atoms with Gasteiger partial charge in [-0.2, -0.15) is 10.2 Å². The lowest BCUT2D eigenvalue weighted by Gasteiger charge is -2.20. The van der Waals surface area contributed by atoms with E-state index in [9.17, 15) is 19.2 Å². The van der Waals surface area contributed by atoms with E-state index >= 15 is 0 Å². The van der Waals surface area contributed by atoms with Gasteiger partial charge in [-0.3, -0.25) is 9.59 Å². The van der Waals surface area contributed by atoms with E-state index in [2.05, 4.69) is 37.0 Å². The Morgan fingerprint density at radius 3 is 2.62 bits per heavy atom. The monoisotopic (exact) mass is 537 g/mol. The molecule has 188 valence electrons. The van der Waals surface area contributed by atoms with Crippen LogP contribution in [0.5, 0.6) is 0 Å². The lowest BCUT2D eigenvalue weighted by atomic mass is 9.82. The van der Waals surface area contributed by atoms with Gasteiger partial charge >= 0.3 is 0 Å². The molecule has 0 aliphatic heterocycles. The summed E-state index contributed by atoms with van der Waals surface area (Å²) in [5.74, 6) is -1.35. The van der Waals surface area contributed by atoms with Crippen LogP contribution in [0, 0.1) is 24.1 Å². The molecule has 9 nitrogen and oxygen atoms in total. The Morgan fingerprint density at radius 2 is 1.92 bits per heavy atom. The van der Waals surface area contributed by atoms with Gasteiger partial charge in [0.2, 0.25) is 11.9 Å². The zero-order chi connectivity index (χ0) is 26.9. The molecule has 37 heavy (non-hydrogen) atoms. The molecule has 2 heterocycles. The molecule has 0 saturated carbocycles. The van der Waals surface area contributed by atoms with Crippen LogP contribution in [0.15, 0.2) is 36.5 Å². The Balaban J connectivity index is 1.60. The molecule has 0 atom stereocenters. The zero-order valence-corrected chi connectivity index (χ0v) is 21.8. The fraction of sp³-hybridized carbons (Fsp3) is 0.200. The number of nitriles is 1. The topological polar surface area (TPSA) is 133 Å². The quantitative estimate of drug-likeness (QED) is 0.277. The van der Waals surface area contributed by atoms with Gasteiger partial charge in [0.25, 0.3) is 5.91 Å². The van der Waals surface area contributed by atoms with Crippen molar-refractivity contribution in [2.24, 2.45) is 0 Å². The molecule has 2 amide bonds. The molecule has 4 aromatic rings. The van der Waals surface area contributed by atoms with E-state index in [1.54, 1.807) is 39.0 Å². The van der Waals surface area contributed by atoms with E-state index in [0.29, 0.717) is 32.2 Å². The van der Waals surface area contributed by atoms with Gasteiger partial charge in [-0.15, -0.1) is 0 Å². The van der Waals surface area contributed by atoms with Gasteiger partial charge in [0.1, 0.15) is 11.3 Å². The number of nitrogens with one attached hydrogen (secondary N) is 3. The highest BCUT2D eigenvalue weighted by atomic mass is 35.5. The second kappa shape index (κ2) is 10.1. The van der Waals surface area contributed by atoms with E-state index < -0.39 is 17.1 Å². The molecule has 0 unspecified atom stereocenters. The van der Waals surface area contributed by atoms with Crippen molar-refractivity contribution in [2.45, 2.75) is 33.1 Å². The van der Waals surface area contributed by atoms with Gasteiger partial charge in [0, 0.05) is 12.5 Å². The van der Waals surface area contributed by atoms with Crippen LogP contribution in [0.2, 0.25) is 5.02 Å². The maximum atomic E-state index is 14.7. The van der Waals surface area contributed by atoms with E-state index in [4.69, 9.17) is 11.6 Å². The highest BCUT2D eigenvalue weighted by Gasteiger charge is 2.25. The number of benzene rings is 2. The third-order valence-electron chi connectivity index (χ3n) is 5.52. The molecule has 0 bridgehead atoms. The SMILES string of the molecule is CC(=O)Nc1nc2cnc(Nc3cc(NC(=O)c4cccc(C(C)(C)C#N)c4C)c(F)cc3Cl)nc2s1. The molecule has 0 aliphatic rings. The van der Waals surface area contributed by atoms with Gasteiger partial charge in [0.05, 0.1) is 34.1 Å². The third kappa shape index (κ3) is 5.50. The standard InChI is InChI=1S/C25H21ClFN7O2S/c1-12-14(6-5-7-15(12)25(3,4)11-28)21(36)31-19-9-18(16(26)8-17(19)27)32-23-29-10-20-22(34-23)37-24(33-20)30-13(2)35/h5-10H,1-4H3,(H,31,36)(H,29,32,34)(H,30,33,35). The molecule has 2 aromatic carbocycles. The summed E-state index contributed by atoms with van der Waals surface area (Å²) in [7, 11) is 0. The Kier molecular flexibility index (Phi) is 7.07. The average Bonchev–Trinajstić information content (AvgIpc) is 3.22. The smallest absolute Gasteiger partial charge is 0.256 e. The summed E-state index contributed by atoms with van der Waals surface area (Å²) in [6, 6.07) is 9.74. The number of hydrogen-bond donors (Lipinski definition) is 3. The predicted octanol–water partition coefficient (Wildman–Crippen LogP) is 5.94. The summed E-state index contributed by atoms with van der Waals surface area (Å²) in [6.07, 6.45) is 1.48. The highest BCUT2D eigenvalue weighted by Crippen LogP contribution is 2.32. The maximum absolute atomic E-state index is 14.7. The van der Waals surface area contributed by atoms with Crippen molar-refractivity contribution in [2.75, 3.05) is 16.0 Å². The molecular weight excluding hydrogens is 517 g/mol. The Labute approximate surface area is 220 Å². The van der Waals surface area contributed by atoms with Crippen LogP contribution >= 0.6 is 22.9 Å². The highest BCUT2D eigenvalue weighted by molar-refractivity contribution is 7.21. The predicted molar refractivity (Wildman–Crippen MR) is 142 cm³/mol. The Hall–Kier alpha value is -4.14. The van der Waals surface area contributed by atoms with Crippen molar-refractivity contribution < 1.29 is 14.0 Å². The first-order valence-corrected chi connectivity index (χ1v) is 12.2. The third-order valence-corrected chi connectivity index (χ3v) is 6.71. The fourth-order valence-electron chi connectivity index (χ4n) is 3.67. The van der Waals surface area contributed by atoms with Crippen LogP contribution < -0.4 is 16.0 Å². The first kappa shape index (κ1) is 25.9. The zero-order valence-electron chi connectivity index (χ0n) is 20.2. The number of nitrogens with zero attached hydrogens (tertiary/aromatic N) is 4. The number of fused-ring (bicyclic) bond motifs is 1. The number of carbonyl (C=O) groups excluding carboxylic acids is 2. The van der Waals surface area contributed by atoms with Gasteiger partial charge in [0.15, 0.2) is 9.96 Å². The van der Waals surface area contributed by atoms with Gasteiger partial charge in [-0.05, 0) is 50.1 Å². The molecule has 0 aliphatic carbocycles. The van der Waals surface area contributed by atoms with Crippen LogP contribution in [-0.4, -0.2) is 26.8 Å². The van der Waals surface area contributed by atoms with E-state index in [1.165, 1.54) is 30.5 Å². The van der Waals surface area contributed by atoms with Crippen molar-refractivity contribution in [1.29, 1.82) is 5.26 Å². The number of amides is 2. The van der Waals surface area contributed by atoms with Gasteiger partial charge < -0.3 is 16.0 Å². The number of thiazole rings is 1. The second-order valence-electron chi connectivity index (χ2n) is 8.69. The summed E-state index contributed by atoms with van der Waals surface area (Å²) in [5, 5.41) is 18.0. The maximum Gasteiger partial charge on any atom is 0.256 e. The number of anilines is 4. The minimum atomic E-state index is -0.801. The lowest BCUT2D eigenvalue weighted by molar-refractivity contribution is -0.114. The average molecular weight is 538 g/mol. The minimum absolute atomic E-state index is 0.0522. The van der Waals surface area contributed by atoms with E-state index in [0.717, 1.165) is 6.07 Å². The Morgan fingerprint density at radius 1 is 1.16 bits per heavy atom. The molecule has 0 spiro atoms. The summed E-state index contributed by atoms with van der Waals surface area (Å²) < 4.78 is 14.7. The number of hydrogen-bond acceptors (Lipinski definition) is 8. The second-order valence-corrected chi connectivity index (χ2v) is 10.1. The first-order chi connectivity index (χ1) is 17.5. The van der Waals surface area contributed by atoms with Crippen LogP contribution in [0.25, 0.3) is 10.3 Å². The van der Waals surface area contributed by atoms with Crippen LogP contribution in [0.4, 0.5) is 26.8 Å². The largest absolute Gasteiger partial charge is 0.323 e. The number of halogens is 2. The van der Waals surface area contributed by atoms with Crippen molar-refractivity contribution in [3.63, 3.8) is 0 Å². The first-order valence-electron chi connectivity index (χ1n) is 11.0. The summed E-state index contributed by atoms with van der Waals surface area (Å²) in [5.41, 5.74) is 1.51. The molecule has 3 N–H and O–H groups in total. The fourth-order valence-corrected chi connectivity index (χ4v) is 4.72. The summed E-state index contributed by atoms with van der Waals surface area (Å²) in [4.78, 5) is 37.6. The van der Waals surface area contributed by atoms with Crippen LogP contribution in [0.3, 0.4) is 0 Å². The van der Waals surface area contributed by atoms with E-state index in [1.807, 2.05) is 0 Å². The summed E-state index contributed by atoms with van der Waals surface area (Å²) in [6.45, 7) is 6.65. The van der Waals surface area contributed by atoms with Crippen molar-refractivity contribution in [3.8, 4) is 6.07 Å². The minimum Gasteiger partial charge on any atom is -0.323 e. The van der Waals surface area contributed by atoms with Crippen molar-refractivity contribution in [1.82, 2.24) is 15.0 Å². The normalized spacial score (nSPS) is 11.2. The molecule has 12 heteroatoms. The molecule has 0 radical (unpaired) electrons. The Bertz CT molecular complexity index is 1600. The van der Waals surface area contributed by atoms with Gasteiger partial charge in [-0.25, -0.2) is 14.4 Å². The van der Waals surface area contributed by atoms with Crippen molar-refractivity contribution in [3.05, 3.63) is 64.1 Å². The number of aromatic nitrogens is 3. The van der Waals surface area contributed by atoms with Gasteiger partial charge in [-0.1, -0.05) is 35.1 Å².